The molecule has 50 heavy (non-hydrogen) atoms. The Kier molecular flexibility index (Phi) is 26.7. The number of phosphoric ester groups is 1. The SMILES string of the molecule is CCCCCC/C=C\CCCCCCCC(=O)OC[C@H](COP(=O)(O)O)OC(=O)CCC/C=C\C[C@H]1C=CC(=O)[C@@H]1/C=C/[C@@H](O)CCCCC. The fraction of sp³-hybridized carbons (Fsp3) is 0.718. The van der Waals surface area contributed by atoms with Gasteiger partial charge >= 0.3 is 19.8 Å². The predicted molar refractivity (Wildman–Crippen MR) is 197 cm³/mol. The van der Waals surface area contributed by atoms with Gasteiger partial charge in [0.25, 0.3) is 0 Å². The number of hydrogen-bond acceptors (Lipinski definition) is 8. The highest BCUT2D eigenvalue weighted by Gasteiger charge is 2.27. The Morgan fingerprint density at radius 3 is 2.10 bits per heavy atom. The Labute approximate surface area is 301 Å². The van der Waals surface area contributed by atoms with Crippen LogP contribution in [0.25, 0.3) is 0 Å². The fourth-order valence-electron chi connectivity index (χ4n) is 5.59. The zero-order valence-electron chi connectivity index (χ0n) is 30.6. The molecule has 0 aromatic heterocycles. The van der Waals surface area contributed by atoms with Gasteiger partial charge in [0.2, 0.25) is 0 Å². The molecule has 0 aromatic rings. The molecular weight excluding hydrogens is 659 g/mol. The number of ketones is 1. The van der Waals surface area contributed by atoms with E-state index in [9.17, 15) is 24.1 Å². The first-order valence-corrected chi connectivity index (χ1v) is 20.5. The molecule has 4 atom stereocenters. The molecule has 10 nitrogen and oxygen atoms in total. The summed E-state index contributed by atoms with van der Waals surface area (Å²) in [5.41, 5.74) is 0. The van der Waals surface area contributed by atoms with E-state index in [1.807, 2.05) is 24.3 Å². The van der Waals surface area contributed by atoms with Crippen LogP contribution < -0.4 is 0 Å². The molecule has 1 rings (SSSR count). The minimum atomic E-state index is -4.81. The summed E-state index contributed by atoms with van der Waals surface area (Å²) in [5, 5.41) is 10.2. The molecule has 0 heterocycles. The largest absolute Gasteiger partial charge is 0.469 e. The van der Waals surface area contributed by atoms with Gasteiger partial charge in [-0.3, -0.25) is 18.9 Å². The summed E-state index contributed by atoms with van der Waals surface area (Å²) >= 11 is 0. The number of carbonyl (C=O) groups excluding carboxylic acids is 3. The number of aliphatic hydroxyl groups is 1. The molecule has 0 saturated carbocycles. The summed E-state index contributed by atoms with van der Waals surface area (Å²) < 4.78 is 26.3. The van der Waals surface area contributed by atoms with Crippen molar-refractivity contribution in [3.63, 3.8) is 0 Å². The molecule has 3 N–H and O–H groups in total. The summed E-state index contributed by atoms with van der Waals surface area (Å²) in [4.78, 5) is 55.2. The van der Waals surface area contributed by atoms with Crippen molar-refractivity contribution in [2.75, 3.05) is 13.2 Å². The third-order valence-corrected chi connectivity index (χ3v) is 9.05. The first-order valence-electron chi connectivity index (χ1n) is 19.0. The Bertz CT molecular complexity index is 1090. The van der Waals surface area contributed by atoms with E-state index in [0.29, 0.717) is 32.1 Å². The number of carbonyl (C=O) groups is 3. The minimum absolute atomic E-state index is 0.0162. The van der Waals surface area contributed by atoms with E-state index in [2.05, 4.69) is 30.5 Å². The molecular formula is C39H65O10P. The third kappa shape index (κ3) is 25.6. The highest BCUT2D eigenvalue weighted by atomic mass is 31.2. The smallest absolute Gasteiger partial charge is 0.462 e. The normalized spacial score (nSPS) is 17.7. The molecule has 0 unspecified atom stereocenters. The number of aliphatic hydroxyl groups excluding tert-OH is 1. The lowest BCUT2D eigenvalue weighted by atomic mass is 9.90. The molecule has 1 aliphatic rings. The van der Waals surface area contributed by atoms with Gasteiger partial charge < -0.3 is 24.4 Å². The Morgan fingerprint density at radius 2 is 1.40 bits per heavy atom. The van der Waals surface area contributed by atoms with Gasteiger partial charge in [-0.05, 0) is 69.8 Å². The van der Waals surface area contributed by atoms with Crippen molar-refractivity contribution in [3.05, 3.63) is 48.6 Å². The summed E-state index contributed by atoms with van der Waals surface area (Å²) in [5.74, 6) is -1.29. The van der Waals surface area contributed by atoms with E-state index in [-0.39, 0.29) is 37.1 Å². The number of allylic oxidation sites excluding steroid dienone is 7. The van der Waals surface area contributed by atoms with E-state index in [0.717, 1.165) is 57.8 Å². The predicted octanol–water partition coefficient (Wildman–Crippen LogP) is 8.79. The summed E-state index contributed by atoms with van der Waals surface area (Å²) in [6, 6.07) is 0. The first-order chi connectivity index (χ1) is 24.1. The van der Waals surface area contributed by atoms with Crippen LogP contribution in [0, 0.1) is 11.8 Å². The molecule has 0 saturated heterocycles. The van der Waals surface area contributed by atoms with Crippen LogP contribution in [-0.2, 0) is 32.9 Å². The quantitative estimate of drug-likeness (QED) is 0.0273. The number of phosphoric acid groups is 1. The highest BCUT2D eigenvalue weighted by molar-refractivity contribution is 7.46. The molecule has 0 aliphatic heterocycles. The number of ether oxygens (including phenoxy) is 2. The molecule has 0 spiro atoms. The summed E-state index contributed by atoms with van der Waals surface area (Å²) in [6.07, 6.45) is 31.8. The van der Waals surface area contributed by atoms with Crippen molar-refractivity contribution >= 4 is 25.5 Å². The van der Waals surface area contributed by atoms with Gasteiger partial charge in [0, 0.05) is 18.8 Å². The molecule has 1 aliphatic carbocycles. The second kappa shape index (κ2) is 29.2. The van der Waals surface area contributed by atoms with Gasteiger partial charge in [-0.15, -0.1) is 0 Å². The van der Waals surface area contributed by atoms with E-state index in [1.165, 1.54) is 25.7 Å². The lowest BCUT2D eigenvalue weighted by Gasteiger charge is -2.18. The van der Waals surface area contributed by atoms with Crippen molar-refractivity contribution in [2.24, 2.45) is 11.8 Å². The highest BCUT2D eigenvalue weighted by Crippen LogP contribution is 2.36. The lowest BCUT2D eigenvalue weighted by molar-refractivity contribution is -0.161. The molecule has 0 radical (unpaired) electrons. The molecule has 11 heteroatoms. The summed E-state index contributed by atoms with van der Waals surface area (Å²) in [7, 11) is -4.81. The van der Waals surface area contributed by atoms with E-state index in [1.54, 1.807) is 12.2 Å². The van der Waals surface area contributed by atoms with Gasteiger partial charge in [-0.25, -0.2) is 4.57 Å². The average molecular weight is 725 g/mol. The maximum Gasteiger partial charge on any atom is 0.469 e. The van der Waals surface area contributed by atoms with Crippen LogP contribution in [0.4, 0.5) is 0 Å². The average Bonchev–Trinajstić information content (AvgIpc) is 3.43. The van der Waals surface area contributed by atoms with E-state index < -0.39 is 38.6 Å². The van der Waals surface area contributed by atoms with Crippen molar-refractivity contribution in [1.29, 1.82) is 0 Å². The number of unbranched alkanes of at least 4 members (excludes halogenated alkanes) is 12. The zero-order valence-corrected chi connectivity index (χ0v) is 31.5. The van der Waals surface area contributed by atoms with Gasteiger partial charge in [0.15, 0.2) is 11.9 Å². The first kappa shape index (κ1) is 45.7. The van der Waals surface area contributed by atoms with Crippen molar-refractivity contribution in [3.8, 4) is 0 Å². The number of esters is 2. The van der Waals surface area contributed by atoms with E-state index in [4.69, 9.17) is 19.3 Å². The standard InChI is InChI=1S/C39H65O10P/c1-3-5-7-8-9-10-11-12-13-14-15-16-21-25-38(42)47-31-35(32-48-50(44,45)46)49-39(43)26-22-18-17-20-23-33-27-30-37(41)36(33)29-28-34(40)24-19-6-4-2/h10-11,17,20,27-30,33-36,40H,3-9,12-16,18-19,21-26,31-32H2,1-2H3,(H2,44,45,46)/b11-10-,20-17-,29-28+/t33-,34-,35+,36+/m0/s1. The van der Waals surface area contributed by atoms with Crippen LogP contribution in [0.3, 0.4) is 0 Å². The number of rotatable bonds is 31. The van der Waals surface area contributed by atoms with Gasteiger partial charge in [-0.2, -0.15) is 0 Å². The molecule has 0 fully saturated rings. The topological polar surface area (TPSA) is 157 Å². The van der Waals surface area contributed by atoms with Crippen LogP contribution in [0.5, 0.6) is 0 Å². The van der Waals surface area contributed by atoms with Crippen LogP contribution in [0.15, 0.2) is 48.6 Å². The van der Waals surface area contributed by atoms with Crippen LogP contribution in [0.1, 0.15) is 142 Å². The second-order valence-corrected chi connectivity index (χ2v) is 14.4. The van der Waals surface area contributed by atoms with E-state index >= 15 is 0 Å². The monoisotopic (exact) mass is 724 g/mol. The Balaban J connectivity index is 2.32. The van der Waals surface area contributed by atoms with Gasteiger partial charge in [0.1, 0.15) is 6.61 Å². The van der Waals surface area contributed by atoms with Crippen LogP contribution in [-0.4, -0.2) is 58.0 Å². The van der Waals surface area contributed by atoms with Gasteiger partial charge in [0.05, 0.1) is 12.7 Å². The zero-order chi connectivity index (χ0) is 36.9. The summed E-state index contributed by atoms with van der Waals surface area (Å²) in [6.45, 7) is 3.37. The minimum Gasteiger partial charge on any atom is -0.462 e. The molecule has 0 amide bonds. The molecule has 0 aromatic carbocycles. The van der Waals surface area contributed by atoms with Gasteiger partial charge in [-0.1, -0.05) is 114 Å². The Morgan fingerprint density at radius 1 is 0.800 bits per heavy atom. The fourth-order valence-corrected chi connectivity index (χ4v) is 5.95. The van der Waals surface area contributed by atoms with Crippen LogP contribution >= 0.6 is 7.82 Å². The molecule has 0 bridgehead atoms. The lowest BCUT2D eigenvalue weighted by Crippen LogP contribution is -2.29. The van der Waals surface area contributed by atoms with Crippen molar-refractivity contribution in [2.45, 2.75) is 154 Å². The Hall–Kier alpha value is -2.36. The number of hydrogen-bond donors (Lipinski definition) is 3. The maximum atomic E-state index is 12.4. The van der Waals surface area contributed by atoms with Crippen LogP contribution in [0.2, 0.25) is 0 Å². The van der Waals surface area contributed by atoms with Crippen molar-refractivity contribution in [1.82, 2.24) is 0 Å². The third-order valence-electron chi connectivity index (χ3n) is 8.57. The molecule has 286 valence electrons. The van der Waals surface area contributed by atoms with Crippen molar-refractivity contribution < 1.29 is 47.8 Å². The maximum absolute atomic E-state index is 12.4. The second-order valence-electron chi connectivity index (χ2n) is 13.2.